The zero-order valence-electron chi connectivity index (χ0n) is 8.64. The number of methoxy groups -OCH3 is 1. The second-order valence-corrected chi connectivity index (χ2v) is 3.74. The normalized spacial score (nSPS) is 12.0. The molecule has 0 aromatic heterocycles. The van der Waals surface area contributed by atoms with E-state index < -0.39 is 0 Å². The molecule has 12 heavy (non-hydrogen) atoms. The van der Waals surface area contributed by atoms with Crippen molar-refractivity contribution >= 4 is 0 Å². The fourth-order valence-electron chi connectivity index (χ4n) is 1.02. The maximum atomic E-state index is 5.43. The Balaban J connectivity index is 3.33. The van der Waals surface area contributed by atoms with Gasteiger partial charge in [-0.25, -0.2) is 0 Å². The molecular formula is C9H21NO2. The minimum atomic E-state index is 0.211. The minimum Gasteiger partial charge on any atom is -0.382 e. The first-order valence-electron chi connectivity index (χ1n) is 4.33. The van der Waals surface area contributed by atoms with Crippen LogP contribution in [0.5, 0.6) is 0 Å². The van der Waals surface area contributed by atoms with Crippen molar-refractivity contribution < 1.29 is 9.47 Å². The molecule has 74 valence electrons. The summed E-state index contributed by atoms with van der Waals surface area (Å²) in [6, 6.07) is 0. The highest BCUT2D eigenvalue weighted by Gasteiger charge is 2.16. The zero-order chi connectivity index (χ0) is 9.45. The van der Waals surface area contributed by atoms with Gasteiger partial charge in [-0.05, 0) is 7.05 Å². The third kappa shape index (κ3) is 6.58. The lowest BCUT2D eigenvalue weighted by Gasteiger charge is -2.23. The van der Waals surface area contributed by atoms with Crippen molar-refractivity contribution in [3.05, 3.63) is 0 Å². The lowest BCUT2D eigenvalue weighted by molar-refractivity contribution is 0.0285. The van der Waals surface area contributed by atoms with Crippen LogP contribution in [0.4, 0.5) is 0 Å². The van der Waals surface area contributed by atoms with Crippen LogP contribution in [0.15, 0.2) is 0 Å². The van der Waals surface area contributed by atoms with E-state index in [4.69, 9.17) is 9.47 Å². The first-order chi connectivity index (χ1) is 5.62. The van der Waals surface area contributed by atoms with Gasteiger partial charge in [0.15, 0.2) is 0 Å². The van der Waals surface area contributed by atoms with Gasteiger partial charge in [0.2, 0.25) is 0 Å². The summed E-state index contributed by atoms with van der Waals surface area (Å²) in [6.45, 7) is 7.46. The predicted octanol–water partition coefficient (Wildman–Crippen LogP) is 0.895. The number of ether oxygens (including phenoxy) is 2. The van der Waals surface area contributed by atoms with Crippen LogP contribution in [0.2, 0.25) is 0 Å². The Bertz CT molecular complexity index is 105. The molecule has 3 heteroatoms. The molecule has 0 amide bonds. The van der Waals surface area contributed by atoms with Gasteiger partial charge in [-0.2, -0.15) is 0 Å². The molecule has 0 aliphatic rings. The average molecular weight is 175 g/mol. The van der Waals surface area contributed by atoms with Crippen LogP contribution < -0.4 is 5.32 Å². The maximum Gasteiger partial charge on any atom is 0.0700 e. The van der Waals surface area contributed by atoms with Crippen LogP contribution in [0.1, 0.15) is 13.8 Å². The third-order valence-corrected chi connectivity index (χ3v) is 1.58. The Morgan fingerprint density at radius 2 is 1.92 bits per heavy atom. The molecule has 1 N–H and O–H groups in total. The van der Waals surface area contributed by atoms with E-state index in [1.165, 1.54) is 0 Å². The largest absolute Gasteiger partial charge is 0.382 e. The summed E-state index contributed by atoms with van der Waals surface area (Å²) in [6.07, 6.45) is 0. The summed E-state index contributed by atoms with van der Waals surface area (Å²) in [5.74, 6) is 0. The van der Waals surface area contributed by atoms with Crippen molar-refractivity contribution in [2.75, 3.05) is 40.5 Å². The van der Waals surface area contributed by atoms with Crippen LogP contribution in [0, 0.1) is 5.41 Å². The monoisotopic (exact) mass is 175 g/mol. The summed E-state index contributed by atoms with van der Waals surface area (Å²) in [5.41, 5.74) is 0.211. The molecule has 0 saturated carbocycles. The van der Waals surface area contributed by atoms with Crippen LogP contribution in [-0.4, -0.2) is 40.5 Å². The molecule has 0 spiro atoms. The smallest absolute Gasteiger partial charge is 0.0700 e. The highest BCUT2D eigenvalue weighted by molar-refractivity contribution is 4.69. The standard InChI is InChI=1S/C9H21NO2/c1-9(2,7-10-3)8-12-6-5-11-4/h10H,5-8H2,1-4H3. The van der Waals surface area contributed by atoms with Gasteiger partial charge in [-0.1, -0.05) is 13.8 Å². The molecule has 0 fully saturated rings. The predicted molar refractivity (Wildman–Crippen MR) is 50.4 cm³/mol. The lowest BCUT2D eigenvalue weighted by atomic mass is 9.95. The first kappa shape index (κ1) is 11.9. The van der Waals surface area contributed by atoms with Gasteiger partial charge in [0, 0.05) is 19.1 Å². The van der Waals surface area contributed by atoms with E-state index in [1.807, 2.05) is 7.05 Å². The van der Waals surface area contributed by atoms with E-state index in [2.05, 4.69) is 19.2 Å². The topological polar surface area (TPSA) is 30.5 Å². The Morgan fingerprint density at radius 1 is 1.25 bits per heavy atom. The highest BCUT2D eigenvalue weighted by atomic mass is 16.5. The van der Waals surface area contributed by atoms with E-state index in [-0.39, 0.29) is 5.41 Å². The summed E-state index contributed by atoms with van der Waals surface area (Å²) in [7, 11) is 3.64. The number of hydrogen-bond donors (Lipinski definition) is 1. The van der Waals surface area contributed by atoms with Gasteiger partial charge in [-0.15, -0.1) is 0 Å². The van der Waals surface area contributed by atoms with Crippen LogP contribution >= 0.6 is 0 Å². The van der Waals surface area contributed by atoms with E-state index >= 15 is 0 Å². The van der Waals surface area contributed by atoms with Crippen molar-refractivity contribution in [1.29, 1.82) is 0 Å². The Hall–Kier alpha value is -0.120. The molecule has 0 rings (SSSR count). The SMILES string of the molecule is CNCC(C)(C)COCCOC. The number of nitrogens with one attached hydrogen (secondary N) is 1. The molecule has 0 atom stereocenters. The van der Waals surface area contributed by atoms with Gasteiger partial charge in [0.1, 0.15) is 0 Å². The van der Waals surface area contributed by atoms with Crippen molar-refractivity contribution in [2.24, 2.45) is 5.41 Å². The summed E-state index contributed by atoms with van der Waals surface area (Å²) in [5, 5.41) is 3.14. The average Bonchev–Trinajstić information content (AvgIpc) is 1.98. The second kappa shape index (κ2) is 6.40. The molecule has 0 aromatic rings. The van der Waals surface area contributed by atoms with E-state index in [1.54, 1.807) is 7.11 Å². The molecule has 0 aliphatic carbocycles. The molecule has 0 aliphatic heterocycles. The van der Waals surface area contributed by atoms with E-state index in [0.717, 1.165) is 13.2 Å². The van der Waals surface area contributed by atoms with E-state index in [0.29, 0.717) is 13.2 Å². The van der Waals surface area contributed by atoms with Gasteiger partial charge in [0.05, 0.1) is 19.8 Å². The van der Waals surface area contributed by atoms with Crippen LogP contribution in [-0.2, 0) is 9.47 Å². The highest BCUT2D eigenvalue weighted by Crippen LogP contribution is 2.13. The second-order valence-electron chi connectivity index (χ2n) is 3.74. The Labute approximate surface area is 75.4 Å². The maximum absolute atomic E-state index is 5.43. The van der Waals surface area contributed by atoms with Crippen molar-refractivity contribution in [3.8, 4) is 0 Å². The van der Waals surface area contributed by atoms with Crippen molar-refractivity contribution in [3.63, 3.8) is 0 Å². The Morgan fingerprint density at radius 3 is 2.42 bits per heavy atom. The molecular weight excluding hydrogens is 154 g/mol. The fourth-order valence-corrected chi connectivity index (χ4v) is 1.02. The van der Waals surface area contributed by atoms with Gasteiger partial charge in [0.25, 0.3) is 0 Å². The van der Waals surface area contributed by atoms with Crippen molar-refractivity contribution in [1.82, 2.24) is 5.32 Å². The van der Waals surface area contributed by atoms with Crippen molar-refractivity contribution in [2.45, 2.75) is 13.8 Å². The fraction of sp³-hybridized carbons (Fsp3) is 1.00. The molecule has 0 heterocycles. The third-order valence-electron chi connectivity index (χ3n) is 1.58. The summed E-state index contributed by atoms with van der Waals surface area (Å²) in [4.78, 5) is 0. The van der Waals surface area contributed by atoms with Crippen LogP contribution in [0.25, 0.3) is 0 Å². The molecule has 0 bridgehead atoms. The quantitative estimate of drug-likeness (QED) is 0.583. The van der Waals surface area contributed by atoms with E-state index in [9.17, 15) is 0 Å². The zero-order valence-corrected chi connectivity index (χ0v) is 8.64. The Kier molecular flexibility index (Phi) is 6.34. The summed E-state index contributed by atoms with van der Waals surface area (Å²) < 4.78 is 10.3. The molecule has 0 aromatic carbocycles. The van der Waals surface area contributed by atoms with Gasteiger partial charge < -0.3 is 14.8 Å². The number of rotatable bonds is 7. The van der Waals surface area contributed by atoms with Gasteiger partial charge >= 0.3 is 0 Å². The van der Waals surface area contributed by atoms with Gasteiger partial charge in [-0.3, -0.25) is 0 Å². The first-order valence-corrected chi connectivity index (χ1v) is 4.33. The number of hydrogen-bond acceptors (Lipinski definition) is 3. The van der Waals surface area contributed by atoms with Crippen LogP contribution in [0.3, 0.4) is 0 Å². The lowest BCUT2D eigenvalue weighted by Crippen LogP contribution is -2.31. The molecule has 0 saturated heterocycles. The molecule has 0 radical (unpaired) electrons. The molecule has 0 unspecified atom stereocenters. The minimum absolute atomic E-state index is 0.211. The summed E-state index contributed by atoms with van der Waals surface area (Å²) >= 11 is 0. The molecule has 3 nitrogen and oxygen atoms in total.